The van der Waals surface area contributed by atoms with Gasteiger partial charge in [-0.3, -0.25) is 4.79 Å². The van der Waals surface area contributed by atoms with Crippen LogP contribution in [0.5, 0.6) is 0 Å². The van der Waals surface area contributed by atoms with E-state index in [0.29, 0.717) is 25.9 Å². The number of rotatable bonds is 10. The number of anilines is 1. The molecule has 3 rings (SSSR count). The van der Waals surface area contributed by atoms with Gasteiger partial charge in [-0.1, -0.05) is 68.1 Å². The summed E-state index contributed by atoms with van der Waals surface area (Å²) in [7, 11) is -3.47. The Morgan fingerprint density at radius 2 is 1.50 bits per heavy atom. The molecule has 3 aromatic rings. The normalized spacial score (nSPS) is 11.5. The van der Waals surface area contributed by atoms with Crippen molar-refractivity contribution < 1.29 is 13.2 Å². The number of sulfonamides is 1. The predicted molar refractivity (Wildman–Crippen MR) is 131 cm³/mol. The lowest BCUT2D eigenvalue weighted by atomic mass is 10.1. The summed E-state index contributed by atoms with van der Waals surface area (Å²) in [5.74, 6) is -0.0778. The second-order valence-electron chi connectivity index (χ2n) is 7.19. The summed E-state index contributed by atoms with van der Waals surface area (Å²) in [6.07, 6.45) is 0.845. The van der Waals surface area contributed by atoms with Gasteiger partial charge in [0.25, 0.3) is 0 Å². The fraction of sp³-hybridized carbons (Fsp3) is 0.240. The highest BCUT2D eigenvalue weighted by Crippen LogP contribution is 2.33. The van der Waals surface area contributed by atoms with Crippen molar-refractivity contribution in [3.8, 4) is 0 Å². The van der Waals surface area contributed by atoms with E-state index >= 15 is 0 Å². The summed E-state index contributed by atoms with van der Waals surface area (Å²) in [6, 6.07) is 24.6. The fourth-order valence-corrected chi connectivity index (χ4v) is 5.67. The lowest BCUT2D eigenvalue weighted by molar-refractivity contribution is -0.116. The van der Waals surface area contributed by atoms with Gasteiger partial charge in [-0.25, -0.2) is 8.42 Å². The number of para-hydroxylation sites is 1. The van der Waals surface area contributed by atoms with Crippen molar-refractivity contribution in [3.05, 3.63) is 84.4 Å². The van der Waals surface area contributed by atoms with E-state index in [0.717, 1.165) is 21.0 Å². The average Bonchev–Trinajstić information content (AvgIpc) is 2.80. The maximum atomic E-state index is 12.6. The van der Waals surface area contributed by atoms with Crippen molar-refractivity contribution >= 4 is 33.4 Å². The standard InChI is InChI=1S/C25H28N2O3S2/c1-3-27(4-2)32(29,30)22-17-14-20(15-18-22)16-19-25(28)26-23-12-8-9-13-24(23)31-21-10-6-5-7-11-21/h5-15,17-18H,3-4,16,19H2,1-2H3,(H,26,28). The maximum absolute atomic E-state index is 12.6. The molecule has 0 heterocycles. The lowest BCUT2D eigenvalue weighted by Crippen LogP contribution is -2.30. The van der Waals surface area contributed by atoms with E-state index in [9.17, 15) is 13.2 Å². The van der Waals surface area contributed by atoms with Crippen LogP contribution < -0.4 is 5.32 Å². The summed E-state index contributed by atoms with van der Waals surface area (Å²) in [6.45, 7) is 4.52. The minimum Gasteiger partial charge on any atom is -0.325 e. The predicted octanol–water partition coefficient (Wildman–Crippen LogP) is 5.44. The number of aryl methyl sites for hydroxylation is 1. The first-order chi connectivity index (χ1) is 15.4. The van der Waals surface area contributed by atoms with Gasteiger partial charge in [0.15, 0.2) is 0 Å². The zero-order valence-electron chi connectivity index (χ0n) is 18.3. The van der Waals surface area contributed by atoms with Crippen molar-refractivity contribution in [1.29, 1.82) is 0 Å². The van der Waals surface area contributed by atoms with E-state index < -0.39 is 10.0 Å². The van der Waals surface area contributed by atoms with Crippen LogP contribution in [0.3, 0.4) is 0 Å². The molecular formula is C25H28N2O3S2. The van der Waals surface area contributed by atoms with Gasteiger partial charge in [-0.05, 0) is 48.4 Å². The molecule has 5 nitrogen and oxygen atoms in total. The molecule has 0 saturated carbocycles. The van der Waals surface area contributed by atoms with Gasteiger partial charge < -0.3 is 5.32 Å². The van der Waals surface area contributed by atoms with Gasteiger partial charge >= 0.3 is 0 Å². The number of hydrogen-bond donors (Lipinski definition) is 1. The molecule has 0 saturated heterocycles. The summed E-state index contributed by atoms with van der Waals surface area (Å²) in [4.78, 5) is 14.9. The zero-order chi connectivity index (χ0) is 23.0. The van der Waals surface area contributed by atoms with Crippen LogP contribution >= 0.6 is 11.8 Å². The van der Waals surface area contributed by atoms with Crippen LogP contribution in [0.4, 0.5) is 5.69 Å². The van der Waals surface area contributed by atoms with Gasteiger partial charge in [-0.15, -0.1) is 0 Å². The molecule has 7 heteroatoms. The molecule has 0 aromatic heterocycles. The Morgan fingerprint density at radius 1 is 0.875 bits per heavy atom. The second-order valence-corrected chi connectivity index (χ2v) is 10.2. The third-order valence-electron chi connectivity index (χ3n) is 5.04. The molecule has 1 N–H and O–H groups in total. The van der Waals surface area contributed by atoms with Crippen molar-refractivity contribution in [2.45, 2.75) is 41.4 Å². The molecule has 0 aliphatic carbocycles. The number of benzene rings is 3. The molecular weight excluding hydrogens is 440 g/mol. The van der Waals surface area contributed by atoms with Gasteiger partial charge in [0.1, 0.15) is 0 Å². The summed E-state index contributed by atoms with van der Waals surface area (Å²) < 4.78 is 26.6. The first kappa shape index (κ1) is 24.0. The highest BCUT2D eigenvalue weighted by atomic mass is 32.2. The second kappa shape index (κ2) is 11.3. The van der Waals surface area contributed by atoms with Crippen LogP contribution in [0.15, 0.2) is 93.5 Å². The van der Waals surface area contributed by atoms with Gasteiger partial charge in [-0.2, -0.15) is 4.31 Å². The summed E-state index contributed by atoms with van der Waals surface area (Å²) in [5, 5.41) is 3.00. The molecule has 168 valence electrons. The van der Waals surface area contributed by atoms with Crippen LogP contribution in [-0.4, -0.2) is 31.7 Å². The van der Waals surface area contributed by atoms with E-state index in [2.05, 4.69) is 5.32 Å². The number of nitrogens with one attached hydrogen (secondary N) is 1. The number of hydrogen-bond acceptors (Lipinski definition) is 4. The molecule has 3 aromatic carbocycles. The minimum absolute atomic E-state index is 0.0778. The summed E-state index contributed by atoms with van der Waals surface area (Å²) in [5.41, 5.74) is 1.71. The third kappa shape index (κ3) is 6.22. The smallest absolute Gasteiger partial charge is 0.243 e. The Hall–Kier alpha value is -2.61. The Kier molecular flexibility index (Phi) is 8.50. The third-order valence-corrected chi connectivity index (χ3v) is 8.19. The molecule has 0 aliphatic heterocycles. The molecule has 0 bridgehead atoms. The summed E-state index contributed by atoms with van der Waals surface area (Å²) >= 11 is 1.60. The van der Waals surface area contributed by atoms with Crippen LogP contribution in [0, 0.1) is 0 Å². The molecule has 0 aliphatic rings. The van der Waals surface area contributed by atoms with E-state index in [1.54, 1.807) is 36.0 Å². The first-order valence-electron chi connectivity index (χ1n) is 10.6. The molecule has 0 unspecified atom stereocenters. The Labute approximate surface area is 194 Å². The van der Waals surface area contributed by atoms with Gasteiger partial charge in [0.2, 0.25) is 15.9 Å². The van der Waals surface area contributed by atoms with Gasteiger partial charge in [0.05, 0.1) is 10.6 Å². The van der Waals surface area contributed by atoms with Gasteiger partial charge in [0, 0.05) is 29.3 Å². The highest BCUT2D eigenvalue weighted by Gasteiger charge is 2.21. The van der Waals surface area contributed by atoms with Crippen LogP contribution in [-0.2, 0) is 21.2 Å². The molecule has 0 spiro atoms. The van der Waals surface area contributed by atoms with Crippen molar-refractivity contribution in [3.63, 3.8) is 0 Å². The number of carbonyl (C=O) groups is 1. The van der Waals surface area contributed by atoms with E-state index in [-0.39, 0.29) is 10.8 Å². The number of carbonyl (C=O) groups excluding carboxylic acids is 1. The van der Waals surface area contributed by atoms with Crippen molar-refractivity contribution in [2.75, 3.05) is 18.4 Å². The average molecular weight is 469 g/mol. The van der Waals surface area contributed by atoms with Crippen LogP contribution in [0.1, 0.15) is 25.8 Å². The molecule has 1 amide bonds. The highest BCUT2D eigenvalue weighted by molar-refractivity contribution is 7.99. The Bertz CT molecular complexity index is 1130. The van der Waals surface area contributed by atoms with Crippen molar-refractivity contribution in [1.82, 2.24) is 4.31 Å². The van der Waals surface area contributed by atoms with Crippen LogP contribution in [0.25, 0.3) is 0 Å². The Balaban J connectivity index is 1.60. The maximum Gasteiger partial charge on any atom is 0.243 e. The van der Waals surface area contributed by atoms with E-state index in [1.165, 1.54) is 4.31 Å². The molecule has 0 radical (unpaired) electrons. The molecule has 0 fully saturated rings. The fourth-order valence-electron chi connectivity index (χ4n) is 3.29. The zero-order valence-corrected chi connectivity index (χ0v) is 20.0. The minimum atomic E-state index is -3.47. The monoisotopic (exact) mass is 468 g/mol. The largest absolute Gasteiger partial charge is 0.325 e. The van der Waals surface area contributed by atoms with E-state index in [1.807, 2.05) is 68.4 Å². The molecule has 32 heavy (non-hydrogen) atoms. The van der Waals surface area contributed by atoms with Crippen molar-refractivity contribution in [2.24, 2.45) is 0 Å². The number of nitrogens with zero attached hydrogens (tertiary/aromatic N) is 1. The lowest BCUT2D eigenvalue weighted by Gasteiger charge is -2.18. The quantitative estimate of drug-likeness (QED) is 0.430. The SMILES string of the molecule is CCN(CC)S(=O)(=O)c1ccc(CCC(=O)Nc2ccccc2Sc2ccccc2)cc1. The molecule has 0 atom stereocenters. The van der Waals surface area contributed by atoms with E-state index in [4.69, 9.17) is 0 Å². The topological polar surface area (TPSA) is 66.5 Å². The Morgan fingerprint density at radius 3 is 2.16 bits per heavy atom. The number of amides is 1. The van der Waals surface area contributed by atoms with Crippen LogP contribution in [0.2, 0.25) is 0 Å². The first-order valence-corrected chi connectivity index (χ1v) is 12.9.